The average molecular weight is 402 g/mol. The number of aromatic nitrogens is 2. The zero-order valence-electron chi connectivity index (χ0n) is 10.9. The van der Waals surface area contributed by atoms with Gasteiger partial charge in [-0.2, -0.15) is 0 Å². The van der Waals surface area contributed by atoms with Crippen LogP contribution in [0.5, 0.6) is 0 Å². The summed E-state index contributed by atoms with van der Waals surface area (Å²) >= 11 is 6.76. The molecule has 0 unspecified atom stereocenters. The third kappa shape index (κ3) is 4.08. The third-order valence-electron chi connectivity index (χ3n) is 2.73. The Hall–Kier alpha value is -1.34. The van der Waals surface area contributed by atoms with E-state index in [0.717, 1.165) is 20.5 Å². The van der Waals surface area contributed by atoms with Gasteiger partial charge in [0.25, 0.3) is 0 Å². The summed E-state index contributed by atoms with van der Waals surface area (Å²) in [5, 5.41) is 5.59. The van der Waals surface area contributed by atoms with Gasteiger partial charge in [-0.15, -0.1) is 0 Å². The zero-order chi connectivity index (χ0) is 14.5. The summed E-state index contributed by atoms with van der Waals surface area (Å²) in [6, 6.07) is 5.34. The topological polar surface area (TPSA) is 59.0 Å². The lowest BCUT2D eigenvalue weighted by Crippen LogP contribution is -2.31. The van der Waals surface area contributed by atoms with E-state index < -0.39 is 0 Å². The maximum Gasteiger partial charge on any atom is 0.319 e. The number of imidazole rings is 1. The molecule has 0 aliphatic rings. The van der Waals surface area contributed by atoms with E-state index in [9.17, 15) is 4.79 Å². The van der Waals surface area contributed by atoms with E-state index in [4.69, 9.17) is 0 Å². The average Bonchev–Trinajstić information content (AvgIpc) is 2.79. The molecule has 0 spiro atoms. The number of hydrogen-bond acceptors (Lipinski definition) is 2. The monoisotopic (exact) mass is 400 g/mol. The molecule has 0 radical (unpaired) electrons. The second kappa shape index (κ2) is 6.90. The fourth-order valence-electron chi connectivity index (χ4n) is 1.68. The number of nitrogens with zero attached hydrogens (tertiary/aromatic N) is 2. The standard InChI is InChI=1S/C13H14Br2N4O/c1-19-7-6-16-12(19)4-5-17-13(20)18-11-3-2-9(14)8-10(11)15/h2-3,6-8H,4-5H2,1H3,(H2,17,18,20). The highest BCUT2D eigenvalue weighted by Crippen LogP contribution is 2.25. The van der Waals surface area contributed by atoms with Gasteiger partial charge in [-0.1, -0.05) is 15.9 Å². The fraction of sp³-hybridized carbons (Fsp3) is 0.231. The number of amides is 2. The van der Waals surface area contributed by atoms with Crippen molar-refractivity contribution in [3.05, 3.63) is 45.4 Å². The summed E-state index contributed by atoms with van der Waals surface area (Å²) in [6.45, 7) is 0.533. The first-order chi connectivity index (χ1) is 9.56. The van der Waals surface area contributed by atoms with Crippen LogP contribution in [0.25, 0.3) is 0 Å². The Morgan fingerprint density at radius 1 is 1.40 bits per heavy atom. The Kier molecular flexibility index (Phi) is 5.19. The van der Waals surface area contributed by atoms with Crippen LogP contribution in [0.4, 0.5) is 10.5 Å². The molecule has 2 aromatic rings. The van der Waals surface area contributed by atoms with Crippen molar-refractivity contribution in [1.82, 2.24) is 14.9 Å². The Morgan fingerprint density at radius 3 is 2.85 bits per heavy atom. The molecule has 0 saturated heterocycles. The Balaban J connectivity index is 1.82. The molecule has 2 amide bonds. The lowest BCUT2D eigenvalue weighted by atomic mass is 10.3. The van der Waals surface area contributed by atoms with Gasteiger partial charge in [0.15, 0.2) is 0 Å². The van der Waals surface area contributed by atoms with Gasteiger partial charge in [0.2, 0.25) is 0 Å². The molecule has 2 rings (SSSR count). The van der Waals surface area contributed by atoms with Gasteiger partial charge in [0.05, 0.1) is 5.69 Å². The van der Waals surface area contributed by atoms with Gasteiger partial charge in [-0.05, 0) is 34.1 Å². The molecule has 0 saturated carbocycles. The minimum absolute atomic E-state index is 0.234. The highest BCUT2D eigenvalue weighted by Gasteiger charge is 2.06. The number of carbonyl (C=O) groups excluding carboxylic acids is 1. The molecule has 1 aromatic carbocycles. The Bertz CT molecular complexity index is 612. The molecular formula is C13H14Br2N4O. The van der Waals surface area contributed by atoms with Crippen molar-refractivity contribution in [3.8, 4) is 0 Å². The van der Waals surface area contributed by atoms with Crippen molar-refractivity contribution >= 4 is 43.6 Å². The van der Waals surface area contributed by atoms with Gasteiger partial charge in [0, 0.05) is 41.4 Å². The highest BCUT2D eigenvalue weighted by molar-refractivity contribution is 9.11. The summed E-state index contributed by atoms with van der Waals surface area (Å²) in [5.74, 6) is 0.940. The summed E-state index contributed by atoms with van der Waals surface area (Å²) < 4.78 is 3.71. The number of halogens is 2. The van der Waals surface area contributed by atoms with E-state index in [0.29, 0.717) is 13.0 Å². The van der Waals surface area contributed by atoms with Crippen LogP contribution in [0.15, 0.2) is 39.5 Å². The minimum Gasteiger partial charge on any atom is -0.338 e. The molecule has 106 valence electrons. The predicted octanol–water partition coefficient (Wildman–Crippen LogP) is 3.31. The number of rotatable bonds is 4. The maximum atomic E-state index is 11.8. The van der Waals surface area contributed by atoms with E-state index in [1.54, 1.807) is 6.20 Å². The van der Waals surface area contributed by atoms with Crippen molar-refractivity contribution in [2.45, 2.75) is 6.42 Å². The number of carbonyl (C=O) groups is 1. The Labute approximate surface area is 134 Å². The highest BCUT2D eigenvalue weighted by atomic mass is 79.9. The quantitative estimate of drug-likeness (QED) is 0.825. The lowest BCUT2D eigenvalue weighted by molar-refractivity contribution is 0.252. The third-order valence-corrected chi connectivity index (χ3v) is 3.88. The molecule has 0 aliphatic heterocycles. The molecular weight excluding hydrogens is 388 g/mol. The fourth-order valence-corrected chi connectivity index (χ4v) is 2.83. The van der Waals surface area contributed by atoms with Crippen LogP contribution in [0.3, 0.4) is 0 Å². The number of anilines is 1. The first kappa shape index (κ1) is 15.1. The van der Waals surface area contributed by atoms with Crippen LogP contribution in [0, 0.1) is 0 Å². The summed E-state index contributed by atoms with van der Waals surface area (Å²) in [7, 11) is 1.93. The second-order valence-corrected chi connectivity index (χ2v) is 5.98. The maximum absolute atomic E-state index is 11.8. The van der Waals surface area contributed by atoms with E-state index in [-0.39, 0.29) is 6.03 Å². The van der Waals surface area contributed by atoms with E-state index in [1.165, 1.54) is 0 Å². The molecule has 0 aliphatic carbocycles. The van der Waals surface area contributed by atoms with E-state index in [1.807, 2.05) is 36.0 Å². The van der Waals surface area contributed by atoms with Crippen molar-refractivity contribution in [1.29, 1.82) is 0 Å². The molecule has 0 bridgehead atoms. The number of aryl methyl sites for hydroxylation is 1. The smallest absolute Gasteiger partial charge is 0.319 e. The van der Waals surface area contributed by atoms with Gasteiger partial charge in [-0.25, -0.2) is 9.78 Å². The van der Waals surface area contributed by atoms with Crippen molar-refractivity contribution in [2.24, 2.45) is 7.05 Å². The number of hydrogen-bond donors (Lipinski definition) is 2. The minimum atomic E-state index is -0.234. The molecule has 1 aromatic heterocycles. The van der Waals surface area contributed by atoms with Crippen molar-refractivity contribution in [2.75, 3.05) is 11.9 Å². The molecule has 0 atom stereocenters. The number of urea groups is 1. The molecule has 20 heavy (non-hydrogen) atoms. The predicted molar refractivity (Wildman–Crippen MR) is 85.8 cm³/mol. The van der Waals surface area contributed by atoms with Crippen LogP contribution in [-0.4, -0.2) is 22.1 Å². The molecule has 7 heteroatoms. The van der Waals surface area contributed by atoms with Crippen molar-refractivity contribution < 1.29 is 4.79 Å². The molecule has 5 nitrogen and oxygen atoms in total. The van der Waals surface area contributed by atoms with Gasteiger partial charge in [-0.3, -0.25) is 0 Å². The first-order valence-corrected chi connectivity index (χ1v) is 7.61. The van der Waals surface area contributed by atoms with Gasteiger partial charge in [0.1, 0.15) is 5.82 Å². The molecule has 1 heterocycles. The second-order valence-electron chi connectivity index (χ2n) is 4.21. The van der Waals surface area contributed by atoms with Crippen LogP contribution >= 0.6 is 31.9 Å². The molecule has 0 fully saturated rings. The van der Waals surface area contributed by atoms with Gasteiger partial charge < -0.3 is 15.2 Å². The normalized spacial score (nSPS) is 10.3. The summed E-state index contributed by atoms with van der Waals surface area (Å²) in [6.07, 6.45) is 4.32. The van der Waals surface area contributed by atoms with E-state index >= 15 is 0 Å². The first-order valence-electron chi connectivity index (χ1n) is 6.02. The largest absolute Gasteiger partial charge is 0.338 e. The Morgan fingerprint density at radius 2 is 2.20 bits per heavy atom. The SMILES string of the molecule is Cn1ccnc1CCNC(=O)Nc1ccc(Br)cc1Br. The lowest BCUT2D eigenvalue weighted by Gasteiger charge is -2.09. The van der Waals surface area contributed by atoms with Crippen LogP contribution in [-0.2, 0) is 13.5 Å². The zero-order valence-corrected chi connectivity index (χ0v) is 14.0. The molecule has 2 N–H and O–H groups in total. The summed E-state index contributed by atoms with van der Waals surface area (Å²) in [5.41, 5.74) is 0.725. The van der Waals surface area contributed by atoms with E-state index in [2.05, 4.69) is 47.5 Å². The number of benzene rings is 1. The van der Waals surface area contributed by atoms with Crippen LogP contribution < -0.4 is 10.6 Å². The van der Waals surface area contributed by atoms with Gasteiger partial charge >= 0.3 is 6.03 Å². The van der Waals surface area contributed by atoms with Crippen LogP contribution in [0.1, 0.15) is 5.82 Å². The van der Waals surface area contributed by atoms with Crippen molar-refractivity contribution in [3.63, 3.8) is 0 Å². The number of nitrogens with one attached hydrogen (secondary N) is 2. The summed E-state index contributed by atoms with van der Waals surface area (Å²) in [4.78, 5) is 16.0. The van der Waals surface area contributed by atoms with Crippen LogP contribution in [0.2, 0.25) is 0 Å².